The maximum absolute atomic E-state index is 11.0. The predicted molar refractivity (Wildman–Crippen MR) is 136 cm³/mol. The largest absolute Gasteiger partial charge is 0.393 e. The van der Waals surface area contributed by atoms with Crippen molar-refractivity contribution >= 4 is 15.9 Å². The quantitative estimate of drug-likeness (QED) is 0.280. The molecule has 3 atom stereocenters. The molecule has 0 fully saturated rings. The van der Waals surface area contributed by atoms with Crippen LogP contribution in [-0.4, -0.2) is 11.2 Å². The number of nitrogens with one attached hydrogen (secondary N) is 1. The van der Waals surface area contributed by atoms with E-state index in [9.17, 15) is 5.11 Å². The van der Waals surface area contributed by atoms with Crippen molar-refractivity contribution in [2.45, 2.75) is 31.0 Å². The van der Waals surface area contributed by atoms with Gasteiger partial charge in [0.05, 0.1) is 12.1 Å². The zero-order valence-electron chi connectivity index (χ0n) is 18.1. The van der Waals surface area contributed by atoms with E-state index in [1.807, 2.05) is 37.3 Å². The Balaban J connectivity index is 1.81. The molecule has 0 saturated heterocycles. The number of benzene rings is 4. The summed E-state index contributed by atoms with van der Waals surface area (Å²) in [5, 5.41) is 14.9. The highest BCUT2D eigenvalue weighted by molar-refractivity contribution is 9.10. The molecule has 0 saturated carbocycles. The molecule has 32 heavy (non-hydrogen) atoms. The lowest BCUT2D eigenvalue weighted by molar-refractivity contribution is 0.138. The molecule has 2 nitrogen and oxygen atoms in total. The van der Waals surface area contributed by atoms with Crippen LogP contribution in [0.4, 0.5) is 0 Å². The molecule has 0 radical (unpaired) electrons. The molecule has 0 aliphatic carbocycles. The average molecular weight is 486 g/mol. The van der Waals surface area contributed by atoms with Gasteiger partial charge in [-0.2, -0.15) is 0 Å². The molecule has 0 amide bonds. The third-order valence-corrected chi connectivity index (χ3v) is 6.43. The third kappa shape index (κ3) is 5.36. The molecule has 0 bridgehead atoms. The van der Waals surface area contributed by atoms with E-state index < -0.39 is 6.10 Å². The van der Waals surface area contributed by atoms with Gasteiger partial charge in [-0.15, -0.1) is 0 Å². The standard InChI is InChI=1S/C29H28BrNO/c1-21(32)27(22-17-19-26(30)20-18-22)29(25-15-9-4-10-16-25)31-28(23-11-5-2-6-12-23)24-13-7-3-8-14-24/h2-21,27-29,31-32H,1H3/t21-,27-,29+/m0/s1. The van der Waals surface area contributed by atoms with Crippen LogP contribution in [0.5, 0.6) is 0 Å². The van der Waals surface area contributed by atoms with Crippen molar-refractivity contribution in [3.8, 4) is 0 Å². The molecule has 3 heteroatoms. The van der Waals surface area contributed by atoms with Crippen LogP contribution in [0.25, 0.3) is 0 Å². The maximum atomic E-state index is 11.0. The van der Waals surface area contributed by atoms with Crippen molar-refractivity contribution in [1.82, 2.24) is 5.32 Å². The molecule has 4 rings (SSSR count). The SMILES string of the molecule is C[C@H](O)[C@@H](c1ccc(Br)cc1)[C@H](NC(c1ccccc1)c1ccccc1)c1ccccc1. The van der Waals surface area contributed by atoms with E-state index in [0.29, 0.717) is 0 Å². The third-order valence-electron chi connectivity index (χ3n) is 5.90. The van der Waals surface area contributed by atoms with Crippen molar-refractivity contribution in [1.29, 1.82) is 0 Å². The first-order valence-corrected chi connectivity index (χ1v) is 11.8. The van der Waals surface area contributed by atoms with Gasteiger partial charge >= 0.3 is 0 Å². The Morgan fingerprint density at radius 1 is 0.594 bits per heavy atom. The number of aliphatic hydroxyl groups excluding tert-OH is 1. The summed E-state index contributed by atoms with van der Waals surface area (Å²) in [6.07, 6.45) is -0.541. The molecular weight excluding hydrogens is 458 g/mol. The van der Waals surface area contributed by atoms with E-state index in [4.69, 9.17) is 0 Å². The Hall–Kier alpha value is -2.72. The number of aliphatic hydroxyl groups is 1. The highest BCUT2D eigenvalue weighted by atomic mass is 79.9. The Labute approximate surface area is 199 Å². The Kier molecular flexibility index (Phi) is 7.54. The fourth-order valence-corrected chi connectivity index (χ4v) is 4.62. The minimum atomic E-state index is -0.541. The van der Waals surface area contributed by atoms with E-state index in [-0.39, 0.29) is 18.0 Å². The van der Waals surface area contributed by atoms with Crippen LogP contribution >= 0.6 is 15.9 Å². The summed E-state index contributed by atoms with van der Waals surface area (Å²) in [6.45, 7) is 1.88. The fraction of sp³-hybridized carbons (Fsp3) is 0.172. The number of hydrogen-bond acceptors (Lipinski definition) is 2. The van der Waals surface area contributed by atoms with Crippen LogP contribution < -0.4 is 5.32 Å². The molecule has 4 aromatic carbocycles. The first-order valence-electron chi connectivity index (χ1n) is 11.0. The van der Waals surface area contributed by atoms with Crippen LogP contribution in [0.3, 0.4) is 0 Å². The molecule has 162 valence electrons. The predicted octanol–water partition coefficient (Wildman–Crippen LogP) is 7.03. The van der Waals surface area contributed by atoms with Crippen LogP contribution in [0.15, 0.2) is 120 Å². The Bertz CT molecular complexity index is 1040. The Morgan fingerprint density at radius 3 is 1.47 bits per heavy atom. The zero-order chi connectivity index (χ0) is 22.3. The van der Waals surface area contributed by atoms with Crippen LogP contribution in [0.2, 0.25) is 0 Å². The van der Waals surface area contributed by atoms with Gasteiger partial charge in [0.15, 0.2) is 0 Å². The van der Waals surface area contributed by atoms with Crippen molar-refractivity contribution in [2.75, 3.05) is 0 Å². The number of hydrogen-bond donors (Lipinski definition) is 2. The van der Waals surface area contributed by atoms with E-state index >= 15 is 0 Å². The van der Waals surface area contributed by atoms with Crippen LogP contribution in [-0.2, 0) is 0 Å². The summed E-state index contributed by atoms with van der Waals surface area (Å²) < 4.78 is 1.03. The van der Waals surface area contributed by atoms with Crippen LogP contribution in [0, 0.1) is 0 Å². The van der Waals surface area contributed by atoms with E-state index in [2.05, 4.69) is 106 Å². The number of rotatable bonds is 8. The highest BCUT2D eigenvalue weighted by Crippen LogP contribution is 2.37. The van der Waals surface area contributed by atoms with Gasteiger partial charge in [-0.05, 0) is 41.3 Å². The van der Waals surface area contributed by atoms with Gasteiger partial charge in [0.2, 0.25) is 0 Å². The monoisotopic (exact) mass is 485 g/mol. The summed E-state index contributed by atoms with van der Waals surface area (Å²) in [5.41, 5.74) is 4.64. The molecule has 0 aromatic heterocycles. The molecule has 2 N–H and O–H groups in total. The molecule has 0 aliphatic heterocycles. The topological polar surface area (TPSA) is 32.3 Å². The van der Waals surface area contributed by atoms with Gasteiger partial charge in [-0.25, -0.2) is 0 Å². The van der Waals surface area contributed by atoms with Gasteiger partial charge < -0.3 is 5.11 Å². The van der Waals surface area contributed by atoms with Gasteiger partial charge in [0.1, 0.15) is 0 Å². The highest BCUT2D eigenvalue weighted by Gasteiger charge is 2.31. The van der Waals surface area contributed by atoms with Crippen molar-refractivity contribution in [2.24, 2.45) is 0 Å². The minimum Gasteiger partial charge on any atom is -0.393 e. The summed E-state index contributed by atoms with van der Waals surface area (Å²) in [6, 6.07) is 39.6. The number of halogens is 1. The van der Waals surface area contributed by atoms with E-state index in [1.54, 1.807) is 0 Å². The second-order valence-corrected chi connectivity index (χ2v) is 9.04. The normalized spacial score (nSPS) is 14.1. The van der Waals surface area contributed by atoms with E-state index in [1.165, 1.54) is 11.1 Å². The van der Waals surface area contributed by atoms with Crippen molar-refractivity contribution < 1.29 is 5.11 Å². The molecular formula is C29H28BrNO. The van der Waals surface area contributed by atoms with Gasteiger partial charge in [0, 0.05) is 16.4 Å². The van der Waals surface area contributed by atoms with E-state index in [0.717, 1.165) is 15.6 Å². The fourth-order valence-electron chi connectivity index (χ4n) is 4.36. The first kappa shape index (κ1) is 22.5. The zero-order valence-corrected chi connectivity index (χ0v) is 19.7. The maximum Gasteiger partial charge on any atom is 0.0598 e. The summed E-state index contributed by atoms with van der Waals surface area (Å²) >= 11 is 3.54. The molecule has 0 heterocycles. The summed E-state index contributed by atoms with van der Waals surface area (Å²) in [7, 11) is 0. The lowest BCUT2D eigenvalue weighted by Gasteiger charge is -2.35. The molecule has 0 spiro atoms. The lowest BCUT2D eigenvalue weighted by Crippen LogP contribution is -2.35. The average Bonchev–Trinajstić information content (AvgIpc) is 2.84. The summed E-state index contributed by atoms with van der Waals surface area (Å²) in [5.74, 6) is -0.125. The van der Waals surface area contributed by atoms with Crippen LogP contribution in [0.1, 0.15) is 47.2 Å². The second-order valence-electron chi connectivity index (χ2n) is 8.13. The second kappa shape index (κ2) is 10.7. The molecule has 4 aromatic rings. The molecule has 0 unspecified atom stereocenters. The van der Waals surface area contributed by atoms with Gasteiger partial charge in [0.25, 0.3) is 0 Å². The minimum absolute atomic E-state index is 0.0145. The first-order chi connectivity index (χ1) is 15.6. The van der Waals surface area contributed by atoms with Gasteiger partial charge in [-0.1, -0.05) is 119 Å². The lowest BCUT2D eigenvalue weighted by atomic mass is 9.82. The van der Waals surface area contributed by atoms with Crippen molar-refractivity contribution in [3.05, 3.63) is 142 Å². The summed E-state index contributed by atoms with van der Waals surface area (Å²) in [4.78, 5) is 0. The van der Waals surface area contributed by atoms with Crippen molar-refractivity contribution in [3.63, 3.8) is 0 Å². The van der Waals surface area contributed by atoms with Gasteiger partial charge in [-0.3, -0.25) is 5.32 Å². The molecule has 0 aliphatic rings. The Morgan fingerprint density at radius 2 is 1.03 bits per heavy atom. The smallest absolute Gasteiger partial charge is 0.0598 e.